The highest BCUT2D eigenvalue weighted by Gasteiger charge is 2.30. The molecule has 1 heterocycles. The molecule has 0 radical (unpaired) electrons. The first kappa shape index (κ1) is 14.8. The fraction of sp³-hybridized carbons (Fsp3) is 0.267. The quantitative estimate of drug-likeness (QED) is 0.664. The summed E-state index contributed by atoms with van der Waals surface area (Å²) in [5.41, 5.74) is 1.53. The number of nitrogens with zero attached hydrogens (tertiary/aromatic N) is 1. The van der Waals surface area contributed by atoms with Gasteiger partial charge < -0.3 is 0 Å². The van der Waals surface area contributed by atoms with E-state index in [9.17, 15) is 13.2 Å². The van der Waals surface area contributed by atoms with Crippen molar-refractivity contribution in [2.45, 2.75) is 26.4 Å². The summed E-state index contributed by atoms with van der Waals surface area (Å²) in [5, 5.41) is 0.675. The SMILES string of the molecule is C=C(/C(=C\C)CC)c1nc2cc(C(F)(F)F)ccc2s1. The molecule has 0 aliphatic heterocycles. The molecule has 106 valence electrons. The summed E-state index contributed by atoms with van der Waals surface area (Å²) in [6.07, 6.45) is -1.57. The predicted octanol–water partition coefficient (Wildman–Crippen LogP) is 5.68. The molecular weight excluding hydrogens is 283 g/mol. The third-order valence-electron chi connectivity index (χ3n) is 3.09. The predicted molar refractivity (Wildman–Crippen MR) is 77.7 cm³/mol. The van der Waals surface area contributed by atoms with Crippen LogP contribution < -0.4 is 0 Å². The summed E-state index contributed by atoms with van der Waals surface area (Å²) < 4.78 is 38.7. The Labute approximate surface area is 119 Å². The Bertz CT molecular complexity index is 680. The van der Waals surface area contributed by atoms with Crippen LogP contribution in [0.2, 0.25) is 0 Å². The Morgan fingerprint density at radius 1 is 1.40 bits per heavy atom. The number of allylic oxidation sites excluding steroid dienone is 3. The Morgan fingerprint density at radius 2 is 2.10 bits per heavy atom. The highest BCUT2D eigenvalue weighted by molar-refractivity contribution is 7.19. The third-order valence-corrected chi connectivity index (χ3v) is 4.19. The minimum atomic E-state index is -4.34. The fourth-order valence-corrected chi connectivity index (χ4v) is 2.91. The van der Waals surface area contributed by atoms with Gasteiger partial charge >= 0.3 is 6.18 Å². The van der Waals surface area contributed by atoms with Crippen molar-refractivity contribution in [3.63, 3.8) is 0 Å². The molecule has 0 spiro atoms. The van der Waals surface area contributed by atoms with E-state index in [0.717, 1.165) is 34.4 Å². The summed E-state index contributed by atoms with van der Waals surface area (Å²) in [6, 6.07) is 3.64. The summed E-state index contributed by atoms with van der Waals surface area (Å²) in [5.74, 6) is 0. The monoisotopic (exact) mass is 297 g/mol. The first-order chi connectivity index (χ1) is 9.36. The Kier molecular flexibility index (Phi) is 3.99. The Balaban J connectivity index is 2.47. The van der Waals surface area contributed by atoms with Crippen LogP contribution in [0.15, 0.2) is 36.4 Å². The zero-order valence-electron chi connectivity index (χ0n) is 11.2. The lowest BCUT2D eigenvalue weighted by molar-refractivity contribution is -0.137. The zero-order chi connectivity index (χ0) is 14.9. The van der Waals surface area contributed by atoms with Gasteiger partial charge in [0.15, 0.2) is 0 Å². The van der Waals surface area contributed by atoms with Gasteiger partial charge in [-0.2, -0.15) is 13.2 Å². The van der Waals surface area contributed by atoms with E-state index in [0.29, 0.717) is 10.5 Å². The van der Waals surface area contributed by atoms with E-state index < -0.39 is 11.7 Å². The first-order valence-electron chi connectivity index (χ1n) is 6.19. The normalized spacial score (nSPS) is 12.9. The van der Waals surface area contributed by atoms with Gasteiger partial charge in [0.1, 0.15) is 5.01 Å². The molecule has 0 saturated carbocycles. The number of halogens is 3. The number of rotatable bonds is 3. The summed E-state index contributed by atoms with van der Waals surface area (Å²) in [4.78, 5) is 4.28. The number of fused-ring (bicyclic) bond motifs is 1. The lowest BCUT2D eigenvalue weighted by atomic mass is 10.1. The van der Waals surface area contributed by atoms with E-state index in [-0.39, 0.29) is 0 Å². The molecule has 0 fully saturated rings. The van der Waals surface area contributed by atoms with Gasteiger partial charge in [-0.25, -0.2) is 4.98 Å². The first-order valence-corrected chi connectivity index (χ1v) is 7.01. The molecule has 1 aromatic carbocycles. The average molecular weight is 297 g/mol. The molecule has 0 N–H and O–H groups in total. The van der Waals surface area contributed by atoms with Crippen molar-refractivity contribution in [1.82, 2.24) is 4.98 Å². The molecule has 2 rings (SSSR count). The van der Waals surface area contributed by atoms with E-state index in [2.05, 4.69) is 11.6 Å². The van der Waals surface area contributed by atoms with Gasteiger partial charge in [0, 0.05) is 5.57 Å². The number of thiazole rings is 1. The maximum absolute atomic E-state index is 12.7. The molecule has 1 aromatic heterocycles. The van der Waals surface area contributed by atoms with Gasteiger partial charge in [0.05, 0.1) is 15.8 Å². The van der Waals surface area contributed by atoms with Crippen LogP contribution in [0.4, 0.5) is 13.2 Å². The van der Waals surface area contributed by atoms with Crippen molar-refractivity contribution in [2.75, 3.05) is 0 Å². The zero-order valence-corrected chi connectivity index (χ0v) is 12.0. The summed E-state index contributed by atoms with van der Waals surface area (Å²) >= 11 is 1.36. The lowest BCUT2D eigenvalue weighted by Gasteiger charge is -2.05. The van der Waals surface area contributed by atoms with E-state index in [4.69, 9.17) is 0 Å². The van der Waals surface area contributed by atoms with Gasteiger partial charge in [-0.15, -0.1) is 11.3 Å². The fourth-order valence-electron chi connectivity index (χ4n) is 1.96. The van der Waals surface area contributed by atoms with E-state index >= 15 is 0 Å². The van der Waals surface area contributed by atoms with Crippen molar-refractivity contribution in [3.05, 3.63) is 47.0 Å². The number of hydrogen-bond donors (Lipinski definition) is 0. The molecule has 0 aliphatic carbocycles. The molecular formula is C15H14F3NS. The molecule has 5 heteroatoms. The second-order valence-electron chi connectivity index (χ2n) is 4.35. The Morgan fingerprint density at radius 3 is 2.65 bits per heavy atom. The van der Waals surface area contributed by atoms with Gasteiger partial charge in [-0.3, -0.25) is 0 Å². The van der Waals surface area contributed by atoms with Crippen LogP contribution in [0.5, 0.6) is 0 Å². The van der Waals surface area contributed by atoms with E-state index in [1.54, 1.807) is 0 Å². The molecule has 0 unspecified atom stereocenters. The van der Waals surface area contributed by atoms with Gasteiger partial charge in [-0.05, 0) is 37.1 Å². The van der Waals surface area contributed by atoms with Crippen LogP contribution in [0.25, 0.3) is 15.8 Å². The molecule has 2 aromatic rings. The maximum Gasteiger partial charge on any atom is 0.416 e. The van der Waals surface area contributed by atoms with Crippen molar-refractivity contribution in [2.24, 2.45) is 0 Å². The highest BCUT2D eigenvalue weighted by atomic mass is 32.1. The van der Waals surface area contributed by atoms with Crippen LogP contribution >= 0.6 is 11.3 Å². The van der Waals surface area contributed by atoms with Gasteiger partial charge in [-0.1, -0.05) is 19.6 Å². The van der Waals surface area contributed by atoms with Crippen LogP contribution in [0.1, 0.15) is 30.8 Å². The van der Waals surface area contributed by atoms with Crippen LogP contribution in [-0.2, 0) is 6.18 Å². The molecule has 0 bridgehead atoms. The lowest BCUT2D eigenvalue weighted by Crippen LogP contribution is -2.03. The average Bonchev–Trinajstić information content (AvgIpc) is 2.81. The van der Waals surface area contributed by atoms with Crippen molar-refractivity contribution in [1.29, 1.82) is 0 Å². The summed E-state index contributed by atoms with van der Waals surface area (Å²) in [7, 11) is 0. The van der Waals surface area contributed by atoms with Gasteiger partial charge in [0.2, 0.25) is 0 Å². The van der Waals surface area contributed by atoms with Crippen LogP contribution in [0, 0.1) is 0 Å². The third kappa shape index (κ3) is 2.77. The minimum Gasteiger partial charge on any atom is -0.236 e. The second kappa shape index (κ2) is 5.40. The standard InChI is InChI=1S/C15H14F3NS/c1-4-10(5-2)9(3)14-19-12-8-11(15(16,17)18)6-7-13(12)20-14/h4,6-8H,3,5H2,1-2H3/b10-4-. The number of hydrogen-bond acceptors (Lipinski definition) is 2. The van der Waals surface area contributed by atoms with Gasteiger partial charge in [0.25, 0.3) is 0 Å². The van der Waals surface area contributed by atoms with E-state index in [1.807, 2.05) is 19.9 Å². The minimum absolute atomic E-state index is 0.368. The highest BCUT2D eigenvalue weighted by Crippen LogP contribution is 2.35. The smallest absolute Gasteiger partial charge is 0.236 e. The Hall–Kier alpha value is -1.62. The van der Waals surface area contributed by atoms with Crippen molar-refractivity contribution >= 4 is 27.1 Å². The second-order valence-corrected chi connectivity index (χ2v) is 5.38. The number of aromatic nitrogens is 1. The van der Waals surface area contributed by atoms with Crippen LogP contribution in [-0.4, -0.2) is 4.98 Å². The molecule has 0 aliphatic rings. The maximum atomic E-state index is 12.7. The number of benzene rings is 1. The molecule has 20 heavy (non-hydrogen) atoms. The molecule has 0 amide bonds. The molecule has 0 atom stereocenters. The van der Waals surface area contributed by atoms with Crippen molar-refractivity contribution < 1.29 is 13.2 Å². The molecule has 0 saturated heterocycles. The van der Waals surface area contributed by atoms with E-state index in [1.165, 1.54) is 17.4 Å². The molecule has 1 nitrogen and oxygen atoms in total. The largest absolute Gasteiger partial charge is 0.416 e. The van der Waals surface area contributed by atoms with Crippen molar-refractivity contribution in [3.8, 4) is 0 Å². The van der Waals surface area contributed by atoms with Crippen LogP contribution in [0.3, 0.4) is 0 Å². The summed E-state index contributed by atoms with van der Waals surface area (Å²) in [6.45, 7) is 7.92. The number of alkyl halides is 3. The topological polar surface area (TPSA) is 12.9 Å².